The summed E-state index contributed by atoms with van der Waals surface area (Å²) in [5.74, 6) is 0.218. The number of hydrogen-bond donors (Lipinski definition) is 0. The molecule has 0 aliphatic carbocycles. The summed E-state index contributed by atoms with van der Waals surface area (Å²) >= 11 is 0. The zero-order valence-electron chi connectivity index (χ0n) is 3.66. The van der Waals surface area contributed by atoms with Gasteiger partial charge < -0.3 is 0 Å². The summed E-state index contributed by atoms with van der Waals surface area (Å²) in [5, 5.41) is 0. The summed E-state index contributed by atoms with van der Waals surface area (Å²) in [6.45, 7) is 3.50. The first kappa shape index (κ1) is 9.68. The van der Waals surface area contributed by atoms with Gasteiger partial charge in [0.1, 0.15) is 0 Å². The van der Waals surface area contributed by atoms with Crippen LogP contribution in [0.1, 0.15) is 13.8 Å². The van der Waals surface area contributed by atoms with Gasteiger partial charge in [0.15, 0.2) is 17.4 Å². The molecule has 0 saturated carbocycles. The van der Waals surface area contributed by atoms with E-state index in [2.05, 4.69) is 0 Å². The predicted octanol–water partition coefficient (Wildman–Crippen LogP) is 0.428. The van der Waals surface area contributed by atoms with Crippen molar-refractivity contribution < 1.29 is 4.39 Å². The van der Waals surface area contributed by atoms with Crippen molar-refractivity contribution in [1.82, 2.24) is 0 Å². The molecule has 0 N–H and O–H groups in total. The van der Waals surface area contributed by atoms with Crippen LogP contribution in [0.15, 0.2) is 0 Å². The van der Waals surface area contributed by atoms with E-state index in [0.29, 0.717) is 0 Å². The molecule has 0 nitrogen and oxygen atoms in total. The largest absolute Gasteiger partial charge is 0.251 e. The smallest absolute Gasteiger partial charge is 0.187 e. The van der Waals surface area contributed by atoms with Gasteiger partial charge in [0, 0.05) is 0 Å². The van der Waals surface area contributed by atoms with E-state index in [9.17, 15) is 4.39 Å². The molecule has 0 atom stereocenters. The molecule has 6 heavy (non-hydrogen) atoms. The molecule has 0 heterocycles. The summed E-state index contributed by atoms with van der Waals surface area (Å²) in [6.07, 6.45) is 0. The second kappa shape index (κ2) is 5.46. The monoisotopic (exact) mass is 106 g/mol. The average Bonchev–Trinajstić information content (AvgIpc) is 1.38. The Kier molecular flexibility index (Phi) is 8.82. The Morgan fingerprint density at radius 2 is 1.67 bits per heavy atom. The summed E-state index contributed by atoms with van der Waals surface area (Å²) in [5.41, 5.74) is 0. The summed E-state index contributed by atoms with van der Waals surface area (Å²) in [7, 11) is 0. The minimum Gasteiger partial charge on any atom is -0.251 e. The fraction of sp³-hybridized carbons (Fsp3) is 1.00. The first-order chi connectivity index (χ1) is 2.27. The molecule has 0 fully saturated rings. The lowest BCUT2D eigenvalue weighted by molar-refractivity contribution is 0.404. The van der Waals surface area contributed by atoms with E-state index < -0.39 is 0 Å². The highest BCUT2D eigenvalue weighted by Gasteiger charge is 1.83. The van der Waals surface area contributed by atoms with E-state index in [0.717, 1.165) is 0 Å². The molecule has 0 aromatic heterocycles. The number of halogens is 1. The van der Waals surface area contributed by atoms with Crippen LogP contribution in [-0.2, 0) is 0 Å². The van der Waals surface area contributed by atoms with Gasteiger partial charge in [-0.3, -0.25) is 4.39 Å². The number of alkyl halides is 1. The zero-order valence-corrected chi connectivity index (χ0v) is 3.66. The lowest BCUT2D eigenvalue weighted by Crippen LogP contribution is -1.84. The first-order valence-corrected chi connectivity index (χ1v) is 1.83. The van der Waals surface area contributed by atoms with Crippen LogP contribution in [0, 0.1) is 5.92 Å². The van der Waals surface area contributed by atoms with Gasteiger partial charge in [-0.25, -0.2) is 0 Å². The fourth-order valence-corrected chi connectivity index (χ4v) is 0. The Hall–Kier alpha value is 0.462. The Morgan fingerprint density at radius 1 is 1.50 bits per heavy atom. The van der Waals surface area contributed by atoms with Gasteiger partial charge in [-0.05, 0) is 5.92 Å². The van der Waals surface area contributed by atoms with Crippen molar-refractivity contribution >= 4 is 17.4 Å². The lowest BCUT2D eigenvalue weighted by atomic mass is 10.3. The van der Waals surface area contributed by atoms with Gasteiger partial charge in [0.2, 0.25) is 0 Å². The average molecular weight is 106 g/mol. The molecule has 0 aromatic rings. The Bertz CT molecular complexity index is 21.5. The van der Waals surface area contributed by atoms with E-state index in [1.807, 2.05) is 13.8 Å². The third kappa shape index (κ3) is 8.82. The Balaban J connectivity index is 0. The molecular formula is C4H12AlF. The van der Waals surface area contributed by atoms with Crippen LogP contribution in [0.2, 0.25) is 0 Å². The van der Waals surface area contributed by atoms with Gasteiger partial charge in [-0.15, -0.1) is 0 Å². The highest BCUT2D eigenvalue weighted by atomic mass is 27.0. The van der Waals surface area contributed by atoms with E-state index in [4.69, 9.17) is 0 Å². The maximum Gasteiger partial charge on any atom is 0.187 e. The third-order valence-electron chi connectivity index (χ3n) is 0.309. The standard InChI is InChI=1S/C4H9F.Al.3H/c1-4(2)3-5;;;;/h4H,3H2,1-2H3;;;;. The minimum absolute atomic E-state index is 0. The normalized spacial score (nSPS) is 8.00. The molecular weight excluding hydrogens is 94.0 g/mol. The van der Waals surface area contributed by atoms with E-state index in [-0.39, 0.29) is 30.0 Å². The molecule has 0 unspecified atom stereocenters. The molecule has 0 rings (SSSR count). The van der Waals surface area contributed by atoms with Crippen molar-refractivity contribution in [3.63, 3.8) is 0 Å². The van der Waals surface area contributed by atoms with Crippen LogP contribution < -0.4 is 0 Å². The highest BCUT2D eigenvalue weighted by molar-refractivity contribution is 5.75. The van der Waals surface area contributed by atoms with Crippen molar-refractivity contribution in [3.8, 4) is 0 Å². The van der Waals surface area contributed by atoms with E-state index >= 15 is 0 Å². The summed E-state index contributed by atoms with van der Waals surface area (Å²) < 4.78 is 11.1. The van der Waals surface area contributed by atoms with Gasteiger partial charge >= 0.3 is 0 Å². The second-order valence-electron chi connectivity index (χ2n) is 1.55. The van der Waals surface area contributed by atoms with Gasteiger partial charge in [-0.2, -0.15) is 0 Å². The van der Waals surface area contributed by atoms with Gasteiger partial charge in [-0.1, -0.05) is 13.8 Å². The molecule has 2 heteroatoms. The maximum atomic E-state index is 11.1. The van der Waals surface area contributed by atoms with E-state index in [1.165, 1.54) is 0 Å². The predicted molar refractivity (Wildman–Crippen MR) is 30.8 cm³/mol. The van der Waals surface area contributed by atoms with Crippen LogP contribution in [0.3, 0.4) is 0 Å². The van der Waals surface area contributed by atoms with Crippen molar-refractivity contribution in [2.75, 3.05) is 6.67 Å². The first-order valence-electron chi connectivity index (χ1n) is 1.83. The van der Waals surface area contributed by atoms with Crippen LogP contribution >= 0.6 is 0 Å². The van der Waals surface area contributed by atoms with Crippen LogP contribution in [0.4, 0.5) is 4.39 Å². The molecule has 0 aromatic carbocycles. The summed E-state index contributed by atoms with van der Waals surface area (Å²) in [6, 6.07) is 0. The molecule has 0 amide bonds. The highest BCUT2D eigenvalue weighted by Crippen LogP contribution is 1.88. The summed E-state index contributed by atoms with van der Waals surface area (Å²) in [4.78, 5) is 0. The number of rotatable bonds is 1. The topological polar surface area (TPSA) is 0 Å². The zero-order chi connectivity index (χ0) is 4.28. The van der Waals surface area contributed by atoms with Crippen LogP contribution in [0.5, 0.6) is 0 Å². The van der Waals surface area contributed by atoms with Crippen molar-refractivity contribution in [2.45, 2.75) is 13.8 Å². The van der Waals surface area contributed by atoms with E-state index in [1.54, 1.807) is 0 Å². The van der Waals surface area contributed by atoms with Crippen molar-refractivity contribution in [2.24, 2.45) is 5.92 Å². The lowest BCUT2D eigenvalue weighted by Gasteiger charge is -1.87. The SMILES string of the molecule is CC(C)CF.[AlH3]. The van der Waals surface area contributed by atoms with Crippen LogP contribution in [0.25, 0.3) is 0 Å². The third-order valence-corrected chi connectivity index (χ3v) is 0.309. The van der Waals surface area contributed by atoms with Crippen molar-refractivity contribution in [1.29, 1.82) is 0 Å². The molecule has 38 valence electrons. The molecule has 0 bridgehead atoms. The molecule has 0 saturated heterocycles. The molecule has 0 aliphatic rings. The molecule has 0 spiro atoms. The Morgan fingerprint density at radius 3 is 1.67 bits per heavy atom. The van der Waals surface area contributed by atoms with Crippen LogP contribution in [-0.4, -0.2) is 24.0 Å². The molecule has 0 aliphatic heterocycles. The Labute approximate surface area is 48.9 Å². The minimum atomic E-state index is -0.194. The molecule has 0 radical (unpaired) electrons. The number of hydrogen-bond acceptors (Lipinski definition) is 0. The fourth-order valence-electron chi connectivity index (χ4n) is 0. The van der Waals surface area contributed by atoms with Gasteiger partial charge in [0.25, 0.3) is 0 Å². The maximum absolute atomic E-state index is 11.1. The second-order valence-corrected chi connectivity index (χ2v) is 1.55. The van der Waals surface area contributed by atoms with Gasteiger partial charge in [0.05, 0.1) is 6.67 Å². The van der Waals surface area contributed by atoms with Crippen molar-refractivity contribution in [3.05, 3.63) is 0 Å². The quantitative estimate of drug-likeness (QED) is 0.425.